The SMILES string of the molecule is CN(C)N1C(=O)/C(=C/c2ccc(Cl)cc2Cl)SC1=S. The number of halogens is 2. The van der Waals surface area contributed by atoms with Gasteiger partial charge in [0.2, 0.25) is 0 Å². The normalized spacial score (nSPS) is 17.9. The summed E-state index contributed by atoms with van der Waals surface area (Å²) in [6.07, 6.45) is 1.72. The highest BCUT2D eigenvalue weighted by molar-refractivity contribution is 8.26. The molecular weight excluding hydrogens is 323 g/mol. The molecule has 1 aliphatic rings. The van der Waals surface area contributed by atoms with Gasteiger partial charge in [-0.15, -0.1) is 0 Å². The molecule has 0 radical (unpaired) electrons. The lowest BCUT2D eigenvalue weighted by molar-refractivity contribution is -0.130. The van der Waals surface area contributed by atoms with Crippen molar-refractivity contribution in [3.8, 4) is 0 Å². The van der Waals surface area contributed by atoms with Crippen molar-refractivity contribution in [1.82, 2.24) is 10.0 Å². The van der Waals surface area contributed by atoms with Gasteiger partial charge in [0.1, 0.15) is 0 Å². The van der Waals surface area contributed by atoms with Gasteiger partial charge in [-0.2, -0.15) is 0 Å². The summed E-state index contributed by atoms with van der Waals surface area (Å²) in [6.45, 7) is 0. The lowest BCUT2D eigenvalue weighted by Gasteiger charge is -2.21. The third-order valence-corrected chi connectivity index (χ3v) is 4.27. The number of thiocarbonyl (C=S) groups is 1. The zero-order valence-electron chi connectivity index (χ0n) is 10.2. The fourth-order valence-corrected chi connectivity index (χ4v) is 3.42. The molecule has 1 aromatic rings. The molecule has 2 rings (SSSR count). The summed E-state index contributed by atoms with van der Waals surface area (Å²) in [5.41, 5.74) is 0.741. The summed E-state index contributed by atoms with van der Waals surface area (Å²) in [5, 5.41) is 4.16. The maximum Gasteiger partial charge on any atom is 0.280 e. The van der Waals surface area contributed by atoms with E-state index < -0.39 is 0 Å². The zero-order chi connectivity index (χ0) is 14.2. The van der Waals surface area contributed by atoms with E-state index in [2.05, 4.69) is 0 Å². The van der Waals surface area contributed by atoms with Crippen LogP contribution in [0.4, 0.5) is 0 Å². The van der Waals surface area contributed by atoms with Crippen LogP contribution in [0, 0.1) is 0 Å². The minimum absolute atomic E-state index is 0.147. The molecule has 1 heterocycles. The van der Waals surface area contributed by atoms with E-state index in [0.717, 1.165) is 5.56 Å². The first-order valence-corrected chi connectivity index (χ1v) is 7.28. The van der Waals surface area contributed by atoms with E-state index in [0.29, 0.717) is 19.3 Å². The van der Waals surface area contributed by atoms with Gasteiger partial charge in [-0.1, -0.05) is 53.2 Å². The molecule has 0 unspecified atom stereocenters. The molecular formula is C12H10Cl2N2OS2. The highest BCUT2D eigenvalue weighted by atomic mass is 35.5. The smallest absolute Gasteiger partial charge is 0.267 e. The molecule has 7 heteroatoms. The van der Waals surface area contributed by atoms with Crippen molar-refractivity contribution in [2.24, 2.45) is 0 Å². The van der Waals surface area contributed by atoms with Crippen LogP contribution in [0.3, 0.4) is 0 Å². The number of carbonyl (C=O) groups is 1. The van der Waals surface area contributed by atoms with Crippen molar-refractivity contribution >= 4 is 63.5 Å². The highest BCUT2D eigenvalue weighted by Crippen LogP contribution is 2.34. The Balaban J connectivity index is 2.35. The minimum Gasteiger partial charge on any atom is -0.267 e. The molecule has 0 N–H and O–H groups in total. The Bertz CT molecular complexity index is 587. The van der Waals surface area contributed by atoms with Crippen molar-refractivity contribution in [2.75, 3.05) is 14.1 Å². The maximum atomic E-state index is 12.2. The van der Waals surface area contributed by atoms with E-state index in [4.69, 9.17) is 35.4 Å². The maximum absolute atomic E-state index is 12.2. The van der Waals surface area contributed by atoms with Gasteiger partial charge in [-0.05, 0) is 23.8 Å². The van der Waals surface area contributed by atoms with Crippen LogP contribution < -0.4 is 0 Å². The van der Waals surface area contributed by atoms with E-state index >= 15 is 0 Å². The van der Waals surface area contributed by atoms with E-state index in [1.807, 2.05) is 0 Å². The lowest BCUT2D eigenvalue weighted by atomic mass is 10.2. The Hall–Kier alpha value is -0.590. The number of amides is 1. The van der Waals surface area contributed by atoms with Crippen molar-refractivity contribution in [3.05, 3.63) is 38.7 Å². The predicted octanol–water partition coefficient (Wildman–Crippen LogP) is 3.67. The van der Waals surface area contributed by atoms with E-state index in [1.54, 1.807) is 43.4 Å². The van der Waals surface area contributed by atoms with Gasteiger partial charge in [0.15, 0.2) is 4.32 Å². The highest BCUT2D eigenvalue weighted by Gasteiger charge is 2.33. The molecule has 1 aromatic carbocycles. The lowest BCUT2D eigenvalue weighted by Crippen LogP contribution is -2.39. The van der Waals surface area contributed by atoms with Crippen molar-refractivity contribution < 1.29 is 4.79 Å². The van der Waals surface area contributed by atoms with Crippen LogP contribution in [0.5, 0.6) is 0 Å². The van der Waals surface area contributed by atoms with Crippen LogP contribution >= 0.6 is 47.2 Å². The topological polar surface area (TPSA) is 23.6 Å². The van der Waals surface area contributed by atoms with Gasteiger partial charge in [-0.3, -0.25) is 4.79 Å². The zero-order valence-corrected chi connectivity index (χ0v) is 13.3. The monoisotopic (exact) mass is 332 g/mol. The second-order valence-electron chi connectivity index (χ2n) is 4.01. The quantitative estimate of drug-likeness (QED) is 0.609. The number of hydrazine groups is 1. The average molecular weight is 333 g/mol. The largest absolute Gasteiger partial charge is 0.280 e. The molecule has 3 nitrogen and oxygen atoms in total. The molecule has 0 atom stereocenters. The molecule has 0 spiro atoms. The third-order valence-electron chi connectivity index (χ3n) is 2.42. The number of rotatable bonds is 2. The molecule has 19 heavy (non-hydrogen) atoms. The first kappa shape index (κ1) is 14.8. The van der Waals surface area contributed by atoms with Gasteiger partial charge in [0, 0.05) is 24.1 Å². The summed E-state index contributed by atoms with van der Waals surface area (Å²) in [4.78, 5) is 12.7. The molecule has 1 saturated heterocycles. The third kappa shape index (κ3) is 3.12. The Labute approximate surface area is 131 Å². The standard InChI is InChI=1S/C12H10Cl2N2OS2/c1-15(2)16-11(17)10(19-12(16)18)5-7-3-4-8(13)6-9(7)14/h3-6H,1-2H3/b10-5-. The second kappa shape index (κ2) is 5.81. The number of thioether (sulfide) groups is 1. The summed E-state index contributed by atoms with van der Waals surface area (Å²) in [6, 6.07) is 5.14. The fraction of sp³-hybridized carbons (Fsp3) is 0.167. The predicted molar refractivity (Wildman–Crippen MR) is 85.2 cm³/mol. The Kier molecular flexibility index (Phi) is 4.53. The van der Waals surface area contributed by atoms with Crippen LogP contribution in [0.15, 0.2) is 23.1 Å². The van der Waals surface area contributed by atoms with Gasteiger partial charge >= 0.3 is 0 Å². The number of nitrogens with zero attached hydrogens (tertiary/aromatic N) is 2. The Morgan fingerprint density at radius 2 is 2.05 bits per heavy atom. The first-order valence-electron chi connectivity index (χ1n) is 5.30. The average Bonchev–Trinajstić information content (AvgIpc) is 2.58. The van der Waals surface area contributed by atoms with E-state index in [-0.39, 0.29) is 5.91 Å². The molecule has 0 saturated carbocycles. The molecule has 1 amide bonds. The summed E-state index contributed by atoms with van der Waals surface area (Å²) < 4.78 is 0.506. The molecule has 0 bridgehead atoms. The summed E-state index contributed by atoms with van der Waals surface area (Å²) in [5.74, 6) is -0.147. The second-order valence-corrected chi connectivity index (χ2v) is 6.53. The number of hydrogen-bond acceptors (Lipinski definition) is 4. The van der Waals surface area contributed by atoms with Crippen LogP contribution in [-0.4, -0.2) is 34.3 Å². The van der Waals surface area contributed by atoms with Gasteiger partial charge < -0.3 is 0 Å². The molecule has 0 aromatic heterocycles. The van der Waals surface area contributed by atoms with Crippen molar-refractivity contribution in [1.29, 1.82) is 0 Å². The van der Waals surface area contributed by atoms with Crippen LogP contribution in [0.2, 0.25) is 10.0 Å². The number of carbonyl (C=O) groups excluding carboxylic acids is 1. The number of benzene rings is 1. The van der Waals surface area contributed by atoms with E-state index in [1.165, 1.54) is 16.8 Å². The molecule has 1 fully saturated rings. The van der Waals surface area contributed by atoms with Crippen molar-refractivity contribution in [3.63, 3.8) is 0 Å². The van der Waals surface area contributed by atoms with Gasteiger partial charge in [-0.25, -0.2) is 10.0 Å². The van der Waals surface area contributed by atoms with Gasteiger partial charge in [0.05, 0.1) is 4.91 Å². The summed E-state index contributed by atoms with van der Waals surface area (Å²) in [7, 11) is 3.53. The Morgan fingerprint density at radius 3 is 2.58 bits per heavy atom. The van der Waals surface area contributed by atoms with Crippen LogP contribution in [-0.2, 0) is 4.79 Å². The molecule has 1 aliphatic heterocycles. The molecule has 100 valence electrons. The van der Waals surface area contributed by atoms with Crippen LogP contribution in [0.25, 0.3) is 6.08 Å². The van der Waals surface area contributed by atoms with E-state index in [9.17, 15) is 4.79 Å². The number of hydrogen-bond donors (Lipinski definition) is 0. The van der Waals surface area contributed by atoms with Crippen LogP contribution in [0.1, 0.15) is 5.56 Å². The summed E-state index contributed by atoms with van der Waals surface area (Å²) >= 11 is 18.3. The van der Waals surface area contributed by atoms with Gasteiger partial charge in [0.25, 0.3) is 5.91 Å². The fourth-order valence-electron chi connectivity index (χ4n) is 1.56. The minimum atomic E-state index is -0.147. The molecule has 0 aliphatic carbocycles. The first-order chi connectivity index (χ1) is 8.90. The Morgan fingerprint density at radius 1 is 1.37 bits per heavy atom. The van der Waals surface area contributed by atoms with Crippen molar-refractivity contribution in [2.45, 2.75) is 0 Å².